The molecule has 4 aliphatic rings. The number of carbonyl (C=O) groups is 11. The molecule has 20 heteroatoms. The first-order valence-electron chi connectivity index (χ1n) is 17.9. The Hall–Kier alpha value is -6.99. The normalized spacial score (nSPS) is 17.3. The van der Waals surface area contributed by atoms with E-state index in [4.69, 9.17) is 19.2 Å². The third kappa shape index (κ3) is 9.11. The molecule has 0 spiro atoms. The molecule has 2 atom stereocenters. The summed E-state index contributed by atoms with van der Waals surface area (Å²) in [6, 6.07) is 11.5. The molecule has 2 aromatic rings. The number of imide groups is 3. The van der Waals surface area contributed by atoms with Crippen molar-refractivity contribution >= 4 is 65.4 Å². The molecule has 0 radical (unpaired) electrons. The van der Waals surface area contributed by atoms with Gasteiger partial charge in [0.1, 0.15) is 18.7 Å². The van der Waals surface area contributed by atoms with Crippen LogP contribution in [0.3, 0.4) is 0 Å². The smallest absolute Gasteiger partial charge is 0.407 e. The molecular formula is C37H35N5O15. The highest BCUT2D eigenvalue weighted by Gasteiger charge is 2.39. The molecule has 3 fully saturated rings. The molecular weight excluding hydrogens is 754 g/mol. The highest BCUT2D eigenvalue weighted by atomic mass is 16.7. The summed E-state index contributed by atoms with van der Waals surface area (Å²) in [7, 11) is 0. The number of amides is 8. The van der Waals surface area contributed by atoms with Gasteiger partial charge >= 0.3 is 24.0 Å². The number of hydrogen-bond donors (Lipinski definition) is 2. The summed E-state index contributed by atoms with van der Waals surface area (Å²) in [6.45, 7) is -0.174. The van der Waals surface area contributed by atoms with Crippen LogP contribution in [0.5, 0.6) is 0 Å². The summed E-state index contributed by atoms with van der Waals surface area (Å²) in [5.41, 5.74) is 3.68. The lowest BCUT2D eigenvalue weighted by atomic mass is 9.98. The molecule has 2 unspecified atom stereocenters. The van der Waals surface area contributed by atoms with E-state index in [0.29, 0.717) is 5.06 Å². The van der Waals surface area contributed by atoms with Gasteiger partial charge in [0.15, 0.2) is 0 Å². The van der Waals surface area contributed by atoms with Gasteiger partial charge in [-0.3, -0.25) is 33.6 Å². The van der Waals surface area contributed by atoms with Crippen molar-refractivity contribution in [3.05, 3.63) is 59.7 Å². The van der Waals surface area contributed by atoms with Crippen LogP contribution in [0.15, 0.2) is 48.5 Å². The number of ether oxygens (including phenoxy) is 1. The van der Waals surface area contributed by atoms with Gasteiger partial charge in [-0.1, -0.05) is 48.5 Å². The Morgan fingerprint density at radius 2 is 0.965 bits per heavy atom. The molecule has 3 aliphatic heterocycles. The first kappa shape index (κ1) is 39.7. The fourth-order valence-electron chi connectivity index (χ4n) is 6.52. The molecule has 8 amide bonds. The number of nitrogens with one attached hydrogen (secondary N) is 2. The quantitative estimate of drug-likeness (QED) is 0.236. The maximum Gasteiger partial charge on any atom is 0.407 e. The van der Waals surface area contributed by atoms with Crippen LogP contribution in [-0.4, -0.2) is 99.2 Å². The van der Waals surface area contributed by atoms with Gasteiger partial charge in [-0.05, 0) is 35.1 Å². The molecule has 0 bridgehead atoms. The number of hydrogen-bond acceptors (Lipinski definition) is 15. The maximum atomic E-state index is 13.8. The lowest BCUT2D eigenvalue weighted by Crippen LogP contribution is -2.53. The predicted molar refractivity (Wildman–Crippen MR) is 184 cm³/mol. The van der Waals surface area contributed by atoms with E-state index in [0.717, 1.165) is 22.3 Å². The van der Waals surface area contributed by atoms with Crippen molar-refractivity contribution in [3.8, 4) is 11.1 Å². The van der Waals surface area contributed by atoms with Crippen molar-refractivity contribution in [1.29, 1.82) is 0 Å². The van der Waals surface area contributed by atoms with E-state index in [-0.39, 0.29) is 61.2 Å². The number of carbonyl (C=O) groups excluding carboxylic acids is 11. The standard InChI is InChI=1S/C37H35N5O15/c43-27-11-12-28(44)40(27)55-33(49)17-9-25(39-37(53)54-19-24-22-7-3-1-5-20(22)21-6-2-4-8-23(21)24)35(51)38-26(36(52)57-42-31(47)15-16-32(42)48)10-18-34(50)56-41-29(45)13-14-30(41)46/h1-8,24-26H,9-19H2,(H,38,51)(H,39,53). The van der Waals surface area contributed by atoms with Crippen LogP contribution in [-0.2, 0) is 67.2 Å². The molecule has 2 N–H and O–H groups in total. The van der Waals surface area contributed by atoms with Gasteiger partial charge in [0.2, 0.25) is 5.91 Å². The van der Waals surface area contributed by atoms with Gasteiger partial charge in [-0.2, -0.15) is 0 Å². The van der Waals surface area contributed by atoms with E-state index in [9.17, 15) is 52.7 Å². The Morgan fingerprint density at radius 1 is 0.561 bits per heavy atom. The van der Waals surface area contributed by atoms with Crippen LogP contribution in [0, 0.1) is 0 Å². The number of alkyl carbamates (subject to hydrolysis) is 1. The maximum absolute atomic E-state index is 13.8. The second kappa shape index (κ2) is 17.2. The van der Waals surface area contributed by atoms with Gasteiger partial charge < -0.3 is 29.9 Å². The summed E-state index contributed by atoms with van der Waals surface area (Å²) in [5, 5.41) is 5.37. The SMILES string of the molecule is O=C(CCC(NC(=O)OCC1c2ccccc2-c2ccccc21)C(=O)NC(CCC(=O)ON1C(=O)CCC1=O)C(=O)ON1C(=O)CCC1=O)ON1C(=O)CCC1=O. The number of benzene rings is 2. The zero-order valence-corrected chi connectivity index (χ0v) is 30.1. The molecule has 0 saturated carbocycles. The Morgan fingerprint density at radius 3 is 1.42 bits per heavy atom. The topological polar surface area (TPSA) is 258 Å². The number of fused-ring (bicyclic) bond motifs is 3. The predicted octanol–water partition coefficient (Wildman–Crippen LogP) is 0.761. The van der Waals surface area contributed by atoms with Crippen LogP contribution in [0.1, 0.15) is 81.3 Å². The average Bonchev–Trinajstić information content (AvgIpc) is 3.90. The Kier molecular flexibility index (Phi) is 12.0. The minimum Gasteiger partial charge on any atom is -0.449 e. The highest BCUT2D eigenvalue weighted by Crippen LogP contribution is 2.44. The van der Waals surface area contributed by atoms with Crippen LogP contribution >= 0.6 is 0 Å². The first-order valence-corrected chi connectivity index (χ1v) is 17.9. The van der Waals surface area contributed by atoms with E-state index < -0.39 is 103 Å². The number of rotatable bonds is 15. The lowest BCUT2D eigenvalue weighted by molar-refractivity contribution is -0.200. The molecule has 1 aliphatic carbocycles. The van der Waals surface area contributed by atoms with E-state index in [1.54, 1.807) is 0 Å². The Labute approximate surface area is 322 Å². The largest absolute Gasteiger partial charge is 0.449 e. The monoisotopic (exact) mass is 789 g/mol. The Balaban J connectivity index is 1.16. The molecule has 3 heterocycles. The number of hydroxylamine groups is 6. The van der Waals surface area contributed by atoms with E-state index in [1.165, 1.54) is 0 Å². The van der Waals surface area contributed by atoms with Crippen molar-refractivity contribution in [1.82, 2.24) is 25.8 Å². The molecule has 0 aromatic heterocycles. The average molecular weight is 790 g/mol. The van der Waals surface area contributed by atoms with Crippen molar-refractivity contribution in [2.45, 2.75) is 82.2 Å². The zero-order valence-electron chi connectivity index (χ0n) is 30.1. The summed E-state index contributed by atoms with van der Waals surface area (Å²) in [5.74, 6) is -9.97. The van der Waals surface area contributed by atoms with E-state index in [2.05, 4.69) is 10.6 Å². The molecule has 20 nitrogen and oxygen atoms in total. The minimum absolute atomic E-state index is 0.174. The van der Waals surface area contributed by atoms with E-state index >= 15 is 0 Å². The van der Waals surface area contributed by atoms with Gasteiger partial charge in [0, 0.05) is 44.4 Å². The third-order valence-corrected chi connectivity index (χ3v) is 9.41. The van der Waals surface area contributed by atoms with Crippen LogP contribution < -0.4 is 10.6 Å². The molecule has 2 aromatic carbocycles. The highest BCUT2D eigenvalue weighted by molar-refractivity contribution is 6.03. The van der Waals surface area contributed by atoms with Crippen molar-refractivity contribution in [3.63, 3.8) is 0 Å². The second-order valence-corrected chi connectivity index (χ2v) is 13.2. The van der Waals surface area contributed by atoms with Crippen molar-refractivity contribution < 1.29 is 72.0 Å². The third-order valence-electron chi connectivity index (χ3n) is 9.41. The summed E-state index contributed by atoms with van der Waals surface area (Å²) in [4.78, 5) is 152. The van der Waals surface area contributed by atoms with Crippen LogP contribution in [0.2, 0.25) is 0 Å². The lowest BCUT2D eigenvalue weighted by Gasteiger charge is -2.24. The van der Waals surface area contributed by atoms with Gasteiger partial charge in [-0.15, -0.1) is 15.2 Å². The van der Waals surface area contributed by atoms with Crippen LogP contribution in [0.4, 0.5) is 4.79 Å². The summed E-state index contributed by atoms with van der Waals surface area (Å²) in [6.07, 6.45) is -4.92. The Bertz CT molecular complexity index is 1970. The number of nitrogens with zero attached hydrogens (tertiary/aromatic N) is 3. The zero-order chi connectivity index (χ0) is 40.8. The van der Waals surface area contributed by atoms with E-state index in [1.807, 2.05) is 48.5 Å². The second-order valence-electron chi connectivity index (χ2n) is 13.2. The molecule has 298 valence electrons. The van der Waals surface area contributed by atoms with Crippen molar-refractivity contribution in [2.24, 2.45) is 0 Å². The van der Waals surface area contributed by atoms with Crippen LogP contribution in [0.25, 0.3) is 11.1 Å². The van der Waals surface area contributed by atoms with Gasteiger partial charge in [-0.25, -0.2) is 19.2 Å². The fraction of sp³-hybridized carbons (Fsp3) is 0.378. The van der Waals surface area contributed by atoms with Crippen molar-refractivity contribution in [2.75, 3.05) is 6.61 Å². The summed E-state index contributed by atoms with van der Waals surface area (Å²) < 4.78 is 5.55. The first-order chi connectivity index (χ1) is 27.3. The van der Waals surface area contributed by atoms with Gasteiger partial charge in [0.05, 0.1) is 12.8 Å². The molecule has 57 heavy (non-hydrogen) atoms. The molecule has 6 rings (SSSR count). The van der Waals surface area contributed by atoms with Gasteiger partial charge in [0.25, 0.3) is 35.4 Å². The summed E-state index contributed by atoms with van der Waals surface area (Å²) >= 11 is 0. The molecule has 3 saturated heterocycles. The minimum atomic E-state index is -1.82. The fourth-order valence-corrected chi connectivity index (χ4v) is 6.52.